The van der Waals surface area contributed by atoms with Gasteiger partial charge in [-0.15, -0.1) is 0 Å². The van der Waals surface area contributed by atoms with E-state index in [0.717, 1.165) is 5.56 Å². The summed E-state index contributed by atoms with van der Waals surface area (Å²) in [5.41, 5.74) is 2.18. The van der Waals surface area contributed by atoms with Gasteiger partial charge in [-0.25, -0.2) is 9.19 Å². The Labute approximate surface area is 76.9 Å². The Bertz CT molecular complexity index is 451. The quantitative estimate of drug-likeness (QED) is 0.742. The van der Waals surface area contributed by atoms with Crippen LogP contribution in [0.4, 0.5) is 0 Å². The van der Waals surface area contributed by atoms with Crippen molar-refractivity contribution in [3.8, 4) is 0 Å². The minimum absolute atomic E-state index is 0.128. The highest BCUT2D eigenvalue weighted by molar-refractivity contribution is 7.78. The molecule has 2 aromatic rings. The van der Waals surface area contributed by atoms with Crippen molar-refractivity contribution in [2.24, 2.45) is 0 Å². The molecule has 5 heteroatoms. The smallest absolute Gasteiger partial charge is 0.181 e. The highest BCUT2D eigenvalue weighted by atomic mass is 32.2. The predicted molar refractivity (Wildman–Crippen MR) is 48.5 cm³/mol. The Hall–Kier alpha value is -1.20. The molecule has 1 unspecified atom stereocenters. The average Bonchev–Trinajstić information content (AvgIpc) is 2.49. The lowest BCUT2D eigenvalue weighted by molar-refractivity contribution is 0.563. The topological polar surface area (TPSA) is 63.3 Å². The van der Waals surface area contributed by atoms with Crippen molar-refractivity contribution in [1.29, 1.82) is 0 Å². The number of hydrogen-bond donors (Lipinski definition) is 1. The van der Waals surface area contributed by atoms with Gasteiger partial charge in [-0.2, -0.15) is 0 Å². The van der Waals surface area contributed by atoms with E-state index in [1.807, 2.05) is 0 Å². The molecule has 0 fully saturated rings. The van der Waals surface area contributed by atoms with Crippen LogP contribution in [0.5, 0.6) is 0 Å². The lowest BCUT2D eigenvalue weighted by Crippen LogP contribution is -1.92. The summed E-state index contributed by atoms with van der Waals surface area (Å²) in [5, 5.41) is 0. The number of oxazole rings is 1. The fraction of sp³-hybridized carbons (Fsp3) is 0.125. The lowest BCUT2D eigenvalue weighted by Gasteiger charge is -1.95. The maximum atomic E-state index is 10.5. The van der Waals surface area contributed by atoms with Gasteiger partial charge in [0.25, 0.3) is 0 Å². The molecule has 1 heterocycles. The first kappa shape index (κ1) is 8.40. The second kappa shape index (κ2) is 3.27. The third-order valence-corrected chi connectivity index (χ3v) is 2.27. The van der Waals surface area contributed by atoms with Crippen LogP contribution in [0.3, 0.4) is 0 Å². The molecular formula is C8H7NO3S. The highest BCUT2D eigenvalue weighted by Crippen LogP contribution is 2.14. The zero-order valence-electron chi connectivity index (χ0n) is 6.64. The van der Waals surface area contributed by atoms with Crippen molar-refractivity contribution in [3.05, 3.63) is 30.2 Å². The van der Waals surface area contributed by atoms with E-state index in [-0.39, 0.29) is 5.75 Å². The lowest BCUT2D eigenvalue weighted by atomic mass is 10.2. The molecule has 0 radical (unpaired) electrons. The summed E-state index contributed by atoms with van der Waals surface area (Å²) in [6.45, 7) is 0. The van der Waals surface area contributed by atoms with E-state index in [4.69, 9.17) is 8.97 Å². The molecule has 0 amide bonds. The Morgan fingerprint density at radius 1 is 1.54 bits per heavy atom. The normalized spacial score (nSPS) is 13.3. The van der Waals surface area contributed by atoms with E-state index in [9.17, 15) is 4.21 Å². The molecule has 0 aliphatic rings. The van der Waals surface area contributed by atoms with Crippen LogP contribution in [0.1, 0.15) is 5.56 Å². The van der Waals surface area contributed by atoms with E-state index in [0.29, 0.717) is 11.1 Å². The maximum absolute atomic E-state index is 10.5. The van der Waals surface area contributed by atoms with E-state index >= 15 is 0 Å². The fourth-order valence-corrected chi connectivity index (χ4v) is 1.60. The van der Waals surface area contributed by atoms with Crippen LogP contribution in [0, 0.1) is 0 Å². The molecule has 0 saturated carbocycles. The van der Waals surface area contributed by atoms with Gasteiger partial charge in [0, 0.05) is 0 Å². The second-order valence-electron chi connectivity index (χ2n) is 2.62. The van der Waals surface area contributed by atoms with Crippen LogP contribution in [0.25, 0.3) is 11.1 Å². The predicted octanol–water partition coefficient (Wildman–Crippen LogP) is 1.55. The summed E-state index contributed by atoms with van der Waals surface area (Å²) < 4.78 is 24.2. The molecule has 0 aliphatic heterocycles. The van der Waals surface area contributed by atoms with Crippen LogP contribution < -0.4 is 0 Å². The average molecular weight is 197 g/mol. The number of nitrogens with zero attached hydrogens (tertiary/aromatic N) is 1. The Kier molecular flexibility index (Phi) is 2.12. The summed E-state index contributed by atoms with van der Waals surface area (Å²) >= 11 is -1.81. The van der Waals surface area contributed by atoms with Gasteiger partial charge >= 0.3 is 0 Å². The highest BCUT2D eigenvalue weighted by Gasteiger charge is 2.02. The Morgan fingerprint density at radius 3 is 3.15 bits per heavy atom. The molecule has 1 aromatic heterocycles. The Morgan fingerprint density at radius 2 is 2.38 bits per heavy atom. The van der Waals surface area contributed by atoms with Crippen molar-refractivity contribution in [2.45, 2.75) is 5.75 Å². The minimum Gasteiger partial charge on any atom is -0.443 e. The van der Waals surface area contributed by atoms with Gasteiger partial charge in [0.2, 0.25) is 0 Å². The number of rotatable bonds is 2. The summed E-state index contributed by atoms with van der Waals surface area (Å²) in [6, 6.07) is 5.24. The summed E-state index contributed by atoms with van der Waals surface area (Å²) in [5.74, 6) is 0.128. The molecule has 1 aromatic carbocycles. The van der Waals surface area contributed by atoms with Crippen LogP contribution in [-0.4, -0.2) is 13.7 Å². The molecule has 1 N–H and O–H groups in total. The standard InChI is InChI=1S/C8H7NO3S/c10-13(11)4-6-1-2-8-7(3-6)9-5-12-8/h1-3,5H,4H2,(H,10,11). The first-order chi connectivity index (χ1) is 6.25. The van der Waals surface area contributed by atoms with E-state index < -0.39 is 11.1 Å². The van der Waals surface area contributed by atoms with Crippen LogP contribution in [-0.2, 0) is 16.8 Å². The largest absolute Gasteiger partial charge is 0.443 e. The van der Waals surface area contributed by atoms with Crippen molar-refractivity contribution in [3.63, 3.8) is 0 Å². The fourth-order valence-electron chi connectivity index (χ4n) is 1.14. The third-order valence-electron chi connectivity index (χ3n) is 1.68. The van der Waals surface area contributed by atoms with E-state index in [1.165, 1.54) is 6.39 Å². The van der Waals surface area contributed by atoms with Gasteiger partial charge in [0.15, 0.2) is 23.1 Å². The van der Waals surface area contributed by atoms with Crippen LogP contribution in [0.2, 0.25) is 0 Å². The first-order valence-electron chi connectivity index (χ1n) is 3.65. The van der Waals surface area contributed by atoms with Crippen molar-refractivity contribution < 1.29 is 13.2 Å². The molecule has 1 atom stereocenters. The molecule has 13 heavy (non-hydrogen) atoms. The van der Waals surface area contributed by atoms with Crippen LogP contribution in [0.15, 0.2) is 29.0 Å². The van der Waals surface area contributed by atoms with Gasteiger partial charge in [-0.3, -0.25) is 0 Å². The molecule has 4 nitrogen and oxygen atoms in total. The van der Waals surface area contributed by atoms with Crippen molar-refractivity contribution in [1.82, 2.24) is 4.98 Å². The van der Waals surface area contributed by atoms with Gasteiger partial charge in [0.1, 0.15) is 5.52 Å². The molecule has 0 bridgehead atoms. The number of aromatic nitrogens is 1. The monoisotopic (exact) mass is 197 g/mol. The first-order valence-corrected chi connectivity index (χ1v) is 4.93. The zero-order valence-corrected chi connectivity index (χ0v) is 7.45. The SMILES string of the molecule is O=S(O)Cc1ccc2ocnc2c1. The minimum atomic E-state index is -1.81. The summed E-state index contributed by atoms with van der Waals surface area (Å²) in [6.07, 6.45) is 1.35. The van der Waals surface area contributed by atoms with Gasteiger partial charge < -0.3 is 8.97 Å². The molecule has 0 spiro atoms. The third kappa shape index (κ3) is 1.76. The van der Waals surface area contributed by atoms with Crippen LogP contribution >= 0.6 is 0 Å². The summed E-state index contributed by atoms with van der Waals surface area (Å²) in [4.78, 5) is 3.94. The molecule has 0 saturated heterocycles. The van der Waals surface area contributed by atoms with Crippen molar-refractivity contribution >= 4 is 22.2 Å². The molecule has 0 aliphatic carbocycles. The van der Waals surface area contributed by atoms with Gasteiger partial charge in [0.05, 0.1) is 5.75 Å². The number of benzene rings is 1. The molecular weight excluding hydrogens is 190 g/mol. The number of hydrogen-bond acceptors (Lipinski definition) is 3. The van der Waals surface area contributed by atoms with Crippen molar-refractivity contribution in [2.75, 3.05) is 0 Å². The second-order valence-corrected chi connectivity index (χ2v) is 3.55. The van der Waals surface area contributed by atoms with E-state index in [2.05, 4.69) is 4.98 Å². The summed E-state index contributed by atoms with van der Waals surface area (Å²) in [7, 11) is 0. The molecule has 68 valence electrons. The zero-order chi connectivity index (χ0) is 9.26. The van der Waals surface area contributed by atoms with E-state index in [1.54, 1.807) is 18.2 Å². The number of fused-ring (bicyclic) bond motifs is 1. The Balaban J connectivity index is 2.42. The van der Waals surface area contributed by atoms with Gasteiger partial charge in [-0.05, 0) is 17.7 Å². The van der Waals surface area contributed by atoms with Gasteiger partial charge in [-0.1, -0.05) is 6.07 Å². The molecule has 2 rings (SSSR count). The maximum Gasteiger partial charge on any atom is 0.181 e.